The molecular formula is C22H23F2NO2. The SMILES string of the molecule is CCOc1ccc([C@H]2CC[C@H](COc3ccc(C#N)c(F)c3F)CC2)cc1. The monoisotopic (exact) mass is 371 g/mol. The van der Waals surface area contributed by atoms with E-state index in [0.29, 0.717) is 25.0 Å². The Balaban J connectivity index is 1.51. The molecule has 1 aliphatic carbocycles. The number of hydrogen-bond donors (Lipinski definition) is 0. The van der Waals surface area contributed by atoms with Crippen LogP contribution in [-0.2, 0) is 0 Å². The Morgan fingerprint density at radius 1 is 0.963 bits per heavy atom. The van der Waals surface area contributed by atoms with Crippen molar-refractivity contribution < 1.29 is 18.3 Å². The second-order valence-corrected chi connectivity index (χ2v) is 6.88. The van der Waals surface area contributed by atoms with Gasteiger partial charge in [0.15, 0.2) is 11.6 Å². The minimum absolute atomic E-state index is 0.125. The number of benzene rings is 2. The Morgan fingerprint density at radius 2 is 1.67 bits per heavy atom. The second-order valence-electron chi connectivity index (χ2n) is 6.88. The average Bonchev–Trinajstić information content (AvgIpc) is 2.70. The molecule has 0 atom stereocenters. The summed E-state index contributed by atoms with van der Waals surface area (Å²) in [5, 5.41) is 8.72. The van der Waals surface area contributed by atoms with Crippen LogP contribution < -0.4 is 9.47 Å². The lowest BCUT2D eigenvalue weighted by atomic mass is 9.79. The van der Waals surface area contributed by atoms with Gasteiger partial charge in [0.2, 0.25) is 5.82 Å². The third-order valence-corrected chi connectivity index (χ3v) is 5.15. The fraction of sp³-hybridized carbons (Fsp3) is 0.409. The van der Waals surface area contributed by atoms with Gasteiger partial charge in [-0.2, -0.15) is 9.65 Å². The van der Waals surface area contributed by atoms with E-state index >= 15 is 0 Å². The Bertz CT molecular complexity index is 806. The van der Waals surface area contributed by atoms with Gasteiger partial charge in [0.1, 0.15) is 11.8 Å². The first-order chi connectivity index (χ1) is 13.1. The maximum Gasteiger partial charge on any atom is 0.201 e. The molecular weight excluding hydrogens is 348 g/mol. The highest BCUT2D eigenvalue weighted by molar-refractivity contribution is 5.37. The zero-order valence-corrected chi connectivity index (χ0v) is 15.4. The number of hydrogen-bond acceptors (Lipinski definition) is 3. The maximum absolute atomic E-state index is 13.9. The Kier molecular flexibility index (Phi) is 6.28. The first kappa shape index (κ1) is 19.2. The van der Waals surface area contributed by atoms with Gasteiger partial charge in [0.05, 0.1) is 18.8 Å². The summed E-state index contributed by atoms with van der Waals surface area (Å²) in [7, 11) is 0. The highest BCUT2D eigenvalue weighted by Gasteiger charge is 2.24. The summed E-state index contributed by atoms with van der Waals surface area (Å²) in [5.41, 5.74) is 1.01. The van der Waals surface area contributed by atoms with E-state index in [2.05, 4.69) is 12.1 Å². The number of ether oxygens (including phenoxy) is 2. The van der Waals surface area contributed by atoms with Gasteiger partial charge >= 0.3 is 0 Å². The molecule has 0 saturated heterocycles. The molecule has 27 heavy (non-hydrogen) atoms. The summed E-state index contributed by atoms with van der Waals surface area (Å²) in [4.78, 5) is 0. The van der Waals surface area contributed by atoms with Crippen LogP contribution in [0.2, 0.25) is 0 Å². The molecule has 0 aliphatic heterocycles. The summed E-state index contributed by atoms with van der Waals surface area (Å²) < 4.78 is 38.5. The van der Waals surface area contributed by atoms with Gasteiger partial charge in [-0.1, -0.05) is 12.1 Å². The van der Waals surface area contributed by atoms with Crippen molar-refractivity contribution in [3.63, 3.8) is 0 Å². The third kappa shape index (κ3) is 4.57. The molecule has 1 saturated carbocycles. The van der Waals surface area contributed by atoms with E-state index in [1.165, 1.54) is 17.7 Å². The molecule has 142 valence electrons. The van der Waals surface area contributed by atoms with E-state index in [1.54, 1.807) is 6.07 Å². The Hall–Kier alpha value is -2.61. The van der Waals surface area contributed by atoms with Crippen LogP contribution in [0.4, 0.5) is 8.78 Å². The van der Waals surface area contributed by atoms with Crippen molar-refractivity contribution in [2.45, 2.75) is 38.5 Å². The van der Waals surface area contributed by atoms with E-state index in [0.717, 1.165) is 31.4 Å². The summed E-state index contributed by atoms with van der Waals surface area (Å²) >= 11 is 0. The van der Waals surface area contributed by atoms with Crippen LogP contribution in [-0.4, -0.2) is 13.2 Å². The summed E-state index contributed by atoms with van der Waals surface area (Å²) in [6, 6.07) is 12.5. The summed E-state index contributed by atoms with van der Waals surface area (Å²) in [6.07, 6.45) is 4.06. The fourth-order valence-corrected chi connectivity index (χ4v) is 3.60. The van der Waals surface area contributed by atoms with E-state index < -0.39 is 11.6 Å². The van der Waals surface area contributed by atoms with Gasteiger partial charge < -0.3 is 9.47 Å². The number of nitriles is 1. The van der Waals surface area contributed by atoms with Crippen LogP contribution in [0.25, 0.3) is 0 Å². The Labute approximate surface area is 158 Å². The van der Waals surface area contributed by atoms with Crippen LogP contribution >= 0.6 is 0 Å². The van der Waals surface area contributed by atoms with E-state index in [1.807, 2.05) is 19.1 Å². The molecule has 1 aliphatic rings. The molecule has 0 heterocycles. The van der Waals surface area contributed by atoms with Crippen molar-refractivity contribution in [2.75, 3.05) is 13.2 Å². The molecule has 0 aromatic heterocycles. The highest BCUT2D eigenvalue weighted by Crippen LogP contribution is 2.36. The lowest BCUT2D eigenvalue weighted by Crippen LogP contribution is -2.19. The van der Waals surface area contributed by atoms with Crippen LogP contribution in [0.5, 0.6) is 11.5 Å². The molecule has 0 amide bonds. The number of nitrogens with zero attached hydrogens (tertiary/aromatic N) is 1. The van der Waals surface area contributed by atoms with Crippen molar-refractivity contribution >= 4 is 0 Å². The van der Waals surface area contributed by atoms with E-state index in [4.69, 9.17) is 14.7 Å². The summed E-state index contributed by atoms with van der Waals surface area (Å²) in [5.74, 6) is -0.630. The minimum Gasteiger partial charge on any atom is -0.494 e. The molecule has 5 heteroatoms. The number of rotatable bonds is 6. The van der Waals surface area contributed by atoms with Crippen molar-refractivity contribution in [2.24, 2.45) is 5.92 Å². The third-order valence-electron chi connectivity index (χ3n) is 5.15. The molecule has 2 aromatic carbocycles. The Morgan fingerprint density at radius 3 is 2.30 bits per heavy atom. The van der Waals surface area contributed by atoms with Gasteiger partial charge in [0, 0.05) is 0 Å². The molecule has 0 spiro atoms. The van der Waals surface area contributed by atoms with Gasteiger partial charge in [-0.25, -0.2) is 4.39 Å². The molecule has 3 rings (SSSR count). The quantitative estimate of drug-likeness (QED) is 0.665. The second kappa shape index (κ2) is 8.85. The van der Waals surface area contributed by atoms with Crippen LogP contribution in [0.1, 0.15) is 49.7 Å². The van der Waals surface area contributed by atoms with Gasteiger partial charge in [-0.15, -0.1) is 0 Å². The molecule has 0 N–H and O–H groups in total. The first-order valence-electron chi connectivity index (χ1n) is 9.36. The molecule has 2 aromatic rings. The predicted octanol–water partition coefficient (Wildman–Crippen LogP) is 5.59. The van der Waals surface area contributed by atoms with Crippen molar-refractivity contribution in [1.82, 2.24) is 0 Å². The standard InChI is InChI=1S/C22H23F2NO2/c1-2-26-19-10-7-17(8-11-19)16-5-3-15(4-6-16)14-27-20-12-9-18(13-25)21(23)22(20)24/h7-12,15-16H,2-6,14H2,1H3/t15-,16-. The maximum atomic E-state index is 13.9. The predicted molar refractivity (Wildman–Crippen MR) is 98.9 cm³/mol. The van der Waals surface area contributed by atoms with Crippen LogP contribution in [0.15, 0.2) is 36.4 Å². The van der Waals surface area contributed by atoms with Crippen LogP contribution in [0.3, 0.4) is 0 Å². The summed E-state index contributed by atoms with van der Waals surface area (Å²) in [6.45, 7) is 2.99. The van der Waals surface area contributed by atoms with Crippen molar-refractivity contribution in [1.29, 1.82) is 5.26 Å². The molecule has 0 bridgehead atoms. The van der Waals surface area contributed by atoms with Crippen molar-refractivity contribution in [3.05, 3.63) is 59.2 Å². The molecule has 0 unspecified atom stereocenters. The van der Waals surface area contributed by atoms with E-state index in [-0.39, 0.29) is 11.3 Å². The van der Waals surface area contributed by atoms with Crippen molar-refractivity contribution in [3.8, 4) is 17.6 Å². The average molecular weight is 371 g/mol. The van der Waals surface area contributed by atoms with Gasteiger partial charge in [-0.3, -0.25) is 0 Å². The highest BCUT2D eigenvalue weighted by atomic mass is 19.2. The fourth-order valence-electron chi connectivity index (χ4n) is 3.60. The zero-order chi connectivity index (χ0) is 19.2. The van der Waals surface area contributed by atoms with Gasteiger partial charge in [0.25, 0.3) is 0 Å². The topological polar surface area (TPSA) is 42.2 Å². The normalized spacial score (nSPS) is 19.3. The lowest BCUT2D eigenvalue weighted by molar-refractivity contribution is 0.192. The number of halogens is 2. The molecule has 1 fully saturated rings. The first-order valence-corrected chi connectivity index (χ1v) is 9.36. The lowest BCUT2D eigenvalue weighted by Gasteiger charge is -2.29. The van der Waals surface area contributed by atoms with Crippen LogP contribution in [0, 0.1) is 28.9 Å². The zero-order valence-electron chi connectivity index (χ0n) is 15.4. The smallest absolute Gasteiger partial charge is 0.201 e. The largest absolute Gasteiger partial charge is 0.494 e. The van der Waals surface area contributed by atoms with E-state index in [9.17, 15) is 8.78 Å². The molecule has 0 radical (unpaired) electrons. The van der Waals surface area contributed by atoms with Gasteiger partial charge in [-0.05, 0) is 74.3 Å². The minimum atomic E-state index is -1.14. The molecule has 3 nitrogen and oxygen atoms in total.